The fourth-order valence-corrected chi connectivity index (χ4v) is 3.02. The van der Waals surface area contributed by atoms with E-state index >= 15 is 0 Å². The summed E-state index contributed by atoms with van der Waals surface area (Å²) < 4.78 is 45.6. The lowest BCUT2D eigenvalue weighted by atomic mass is 9.84. The third-order valence-corrected chi connectivity index (χ3v) is 4.33. The van der Waals surface area contributed by atoms with E-state index in [1.54, 1.807) is 0 Å². The summed E-state index contributed by atoms with van der Waals surface area (Å²) in [5.74, 6) is -0.351. The lowest BCUT2D eigenvalue weighted by Gasteiger charge is -2.28. The Labute approximate surface area is 150 Å². The Morgan fingerprint density at radius 2 is 1.85 bits per heavy atom. The van der Waals surface area contributed by atoms with Crippen LogP contribution in [0, 0.1) is 17.2 Å². The summed E-state index contributed by atoms with van der Waals surface area (Å²) in [6, 6.07) is 6.67. The first-order valence-electron chi connectivity index (χ1n) is 8.49. The number of benzene rings is 1. The summed E-state index contributed by atoms with van der Waals surface area (Å²) in [5.41, 5.74) is 0.197. The first kappa shape index (κ1) is 19.8. The van der Waals surface area contributed by atoms with Gasteiger partial charge < -0.3 is 9.47 Å². The van der Waals surface area contributed by atoms with Crippen LogP contribution in [-0.4, -0.2) is 18.4 Å². The van der Waals surface area contributed by atoms with Gasteiger partial charge >= 0.3 is 12.3 Å². The molecule has 4 nitrogen and oxygen atoms in total. The molecule has 26 heavy (non-hydrogen) atoms. The molecule has 0 atom stereocenters. The van der Waals surface area contributed by atoms with Gasteiger partial charge in [-0.2, -0.15) is 5.26 Å². The molecule has 1 aromatic rings. The van der Waals surface area contributed by atoms with Gasteiger partial charge in [-0.25, -0.2) is 4.79 Å². The van der Waals surface area contributed by atoms with Crippen LogP contribution in [0.3, 0.4) is 0 Å². The molecular weight excluding hydrogens is 347 g/mol. The molecule has 0 heterocycles. The lowest BCUT2D eigenvalue weighted by molar-refractivity contribution is -0.274. The maximum absolute atomic E-state index is 12.1. The molecule has 0 N–H and O–H groups in total. The van der Waals surface area contributed by atoms with Crippen molar-refractivity contribution < 1.29 is 27.4 Å². The number of alkyl halides is 3. The van der Waals surface area contributed by atoms with Gasteiger partial charge in [-0.1, -0.05) is 6.08 Å². The molecule has 1 fully saturated rings. The highest BCUT2D eigenvalue weighted by Gasteiger charge is 2.31. The second-order valence-corrected chi connectivity index (χ2v) is 6.23. The highest BCUT2D eigenvalue weighted by Crippen LogP contribution is 2.30. The van der Waals surface area contributed by atoms with Crippen molar-refractivity contribution in [3.8, 4) is 11.8 Å². The second kappa shape index (κ2) is 9.27. The van der Waals surface area contributed by atoms with E-state index in [4.69, 9.17) is 10.00 Å². The predicted octanol–water partition coefficient (Wildman–Crippen LogP) is 5.16. The Hall–Kier alpha value is -2.49. The lowest BCUT2D eigenvalue weighted by Crippen LogP contribution is -2.24. The number of hydrogen-bond donors (Lipinski definition) is 0. The number of ether oxygens (including phenoxy) is 2. The first-order valence-corrected chi connectivity index (χ1v) is 8.49. The van der Waals surface area contributed by atoms with Crippen LogP contribution in [0.25, 0.3) is 0 Å². The van der Waals surface area contributed by atoms with E-state index in [-0.39, 0.29) is 17.4 Å². The summed E-state index contributed by atoms with van der Waals surface area (Å²) in [5, 5.41) is 8.44. The minimum atomic E-state index is -4.76. The number of nitrogens with zero attached hydrogens (tertiary/aromatic N) is 1. The number of halogens is 3. The predicted molar refractivity (Wildman–Crippen MR) is 88.3 cm³/mol. The number of hydrogen-bond acceptors (Lipinski definition) is 4. The zero-order valence-corrected chi connectivity index (χ0v) is 14.2. The summed E-state index contributed by atoms with van der Waals surface area (Å²) >= 11 is 0. The zero-order valence-electron chi connectivity index (χ0n) is 14.2. The van der Waals surface area contributed by atoms with Crippen molar-refractivity contribution >= 4 is 5.97 Å². The molecule has 2 rings (SSSR count). The summed E-state index contributed by atoms with van der Waals surface area (Å²) in [6.45, 7) is 0. The number of esters is 1. The van der Waals surface area contributed by atoms with E-state index in [9.17, 15) is 18.0 Å². The number of carbonyl (C=O) groups excluding carboxylic acids is 1. The Morgan fingerprint density at radius 3 is 2.42 bits per heavy atom. The first-order chi connectivity index (χ1) is 12.4. The van der Waals surface area contributed by atoms with Crippen molar-refractivity contribution in [1.82, 2.24) is 0 Å². The average Bonchev–Trinajstić information content (AvgIpc) is 2.59. The molecule has 0 radical (unpaired) electrons. The fourth-order valence-electron chi connectivity index (χ4n) is 3.02. The van der Waals surface area contributed by atoms with Gasteiger partial charge in [-0.3, -0.25) is 0 Å². The third kappa shape index (κ3) is 6.79. The van der Waals surface area contributed by atoms with Crippen molar-refractivity contribution in [2.24, 2.45) is 5.92 Å². The molecule has 1 aliphatic rings. The molecule has 0 bridgehead atoms. The van der Waals surface area contributed by atoms with Crippen LogP contribution >= 0.6 is 0 Å². The van der Waals surface area contributed by atoms with E-state index in [1.807, 2.05) is 12.1 Å². The summed E-state index contributed by atoms with van der Waals surface area (Å²) in [4.78, 5) is 12.1. The van der Waals surface area contributed by atoms with Gasteiger partial charge in [0.1, 0.15) is 11.9 Å². The molecule has 140 valence electrons. The maximum atomic E-state index is 12.1. The van der Waals surface area contributed by atoms with E-state index in [0.717, 1.165) is 50.7 Å². The van der Waals surface area contributed by atoms with Crippen LogP contribution in [0.4, 0.5) is 13.2 Å². The normalized spacial score (nSPS) is 20.5. The topological polar surface area (TPSA) is 59.3 Å². The molecule has 1 saturated carbocycles. The molecule has 0 amide bonds. The number of nitriles is 1. The molecule has 0 spiro atoms. The van der Waals surface area contributed by atoms with Gasteiger partial charge in [0.25, 0.3) is 0 Å². The number of carbonyl (C=O) groups is 1. The van der Waals surface area contributed by atoms with Crippen molar-refractivity contribution in [3.05, 3.63) is 42.0 Å². The molecule has 0 aliphatic heterocycles. The number of allylic oxidation sites excluding steroid dienone is 2. The van der Waals surface area contributed by atoms with Gasteiger partial charge in [-0.15, -0.1) is 13.2 Å². The molecule has 1 aromatic carbocycles. The van der Waals surface area contributed by atoms with Crippen LogP contribution in [0.1, 0.15) is 48.9 Å². The second-order valence-electron chi connectivity index (χ2n) is 6.23. The van der Waals surface area contributed by atoms with Crippen LogP contribution in [0.15, 0.2) is 36.4 Å². The molecule has 0 unspecified atom stereocenters. The summed E-state index contributed by atoms with van der Waals surface area (Å²) in [7, 11) is 0. The van der Waals surface area contributed by atoms with Gasteiger partial charge in [0.05, 0.1) is 11.6 Å². The molecular formula is C19H20F3NO3. The van der Waals surface area contributed by atoms with Crippen LogP contribution in [-0.2, 0) is 4.74 Å². The van der Waals surface area contributed by atoms with Gasteiger partial charge in [0.2, 0.25) is 0 Å². The minimum absolute atomic E-state index is 0.167. The Balaban J connectivity index is 1.76. The highest BCUT2D eigenvalue weighted by molar-refractivity contribution is 5.89. The monoisotopic (exact) mass is 367 g/mol. The average molecular weight is 367 g/mol. The van der Waals surface area contributed by atoms with E-state index in [0.29, 0.717) is 5.92 Å². The van der Waals surface area contributed by atoms with Crippen LogP contribution < -0.4 is 4.74 Å². The Bertz CT molecular complexity index is 654. The minimum Gasteiger partial charge on any atom is -0.459 e. The van der Waals surface area contributed by atoms with Gasteiger partial charge in [-0.05, 0) is 68.7 Å². The van der Waals surface area contributed by atoms with Crippen molar-refractivity contribution in [1.29, 1.82) is 5.26 Å². The smallest absolute Gasteiger partial charge is 0.459 e. The quantitative estimate of drug-likeness (QED) is 0.515. The largest absolute Gasteiger partial charge is 0.573 e. The standard InChI is InChI=1S/C19H20F3NO3/c20-19(21,22)26-17-11-7-15(8-12-17)18(24)25-16-9-5-14(6-10-16)4-2-1-3-13-23/h1,3,7-8,11-12,14,16H,2,4-6,9-10H2/b3-1+/t14-,16-. The molecule has 1 aliphatic carbocycles. The Morgan fingerprint density at radius 1 is 1.19 bits per heavy atom. The molecule has 7 heteroatoms. The summed E-state index contributed by atoms with van der Waals surface area (Å²) in [6.07, 6.45) is 3.75. The Kier molecular flexibility index (Phi) is 7.07. The molecule has 0 aromatic heterocycles. The number of rotatable bonds is 6. The fraction of sp³-hybridized carbons (Fsp3) is 0.474. The van der Waals surface area contributed by atoms with E-state index < -0.39 is 12.3 Å². The zero-order chi connectivity index (χ0) is 19.0. The highest BCUT2D eigenvalue weighted by atomic mass is 19.4. The van der Waals surface area contributed by atoms with Gasteiger partial charge in [0, 0.05) is 6.08 Å². The van der Waals surface area contributed by atoms with Crippen LogP contribution in [0.5, 0.6) is 5.75 Å². The van der Waals surface area contributed by atoms with Crippen molar-refractivity contribution in [2.75, 3.05) is 0 Å². The van der Waals surface area contributed by atoms with Crippen molar-refractivity contribution in [2.45, 2.75) is 51.0 Å². The van der Waals surface area contributed by atoms with E-state index in [1.165, 1.54) is 18.2 Å². The van der Waals surface area contributed by atoms with E-state index in [2.05, 4.69) is 4.74 Å². The van der Waals surface area contributed by atoms with Crippen LogP contribution in [0.2, 0.25) is 0 Å². The van der Waals surface area contributed by atoms with Gasteiger partial charge in [0.15, 0.2) is 0 Å². The third-order valence-electron chi connectivity index (χ3n) is 4.33. The molecule has 0 saturated heterocycles. The maximum Gasteiger partial charge on any atom is 0.573 e. The van der Waals surface area contributed by atoms with Crippen molar-refractivity contribution in [3.63, 3.8) is 0 Å². The SMILES string of the molecule is N#C/C=C/CC[C@H]1CC[C@H](OC(=O)c2ccc(OC(F)(F)F)cc2)CC1.